The molecule has 12 rings (SSSR count). The molecule has 9 aromatic carbocycles. The van der Waals surface area contributed by atoms with Crippen LogP contribution in [-0.4, -0.2) is 6.71 Å². The Morgan fingerprint density at radius 1 is 0.390 bits per heavy atom. The summed E-state index contributed by atoms with van der Waals surface area (Å²) < 4.78 is 0. The summed E-state index contributed by atoms with van der Waals surface area (Å²) >= 11 is 0. The molecule has 59 heavy (non-hydrogen) atoms. The van der Waals surface area contributed by atoms with Gasteiger partial charge in [0, 0.05) is 34.1 Å². The number of rotatable bonds is 5. The number of hydrogen-bond donors (Lipinski definition) is 0. The number of hydrogen-bond acceptors (Lipinski definition) is 2. The summed E-state index contributed by atoms with van der Waals surface area (Å²) in [5, 5.41) is 5.15. The first-order valence-electron chi connectivity index (χ1n) is 21.4. The second kappa shape index (κ2) is 13.9. The summed E-state index contributed by atoms with van der Waals surface area (Å²) in [5.74, 6) is 0.547. The van der Waals surface area contributed by atoms with Crippen LogP contribution >= 0.6 is 0 Å². The van der Waals surface area contributed by atoms with Crippen LogP contribution in [0, 0.1) is 0 Å². The van der Waals surface area contributed by atoms with Crippen LogP contribution in [0.2, 0.25) is 0 Å². The molecule has 0 unspecified atom stereocenters. The zero-order valence-electron chi connectivity index (χ0n) is 33.1. The van der Waals surface area contributed by atoms with Crippen molar-refractivity contribution in [1.29, 1.82) is 0 Å². The van der Waals surface area contributed by atoms with Crippen LogP contribution in [0.25, 0.3) is 43.8 Å². The third-order valence-electron chi connectivity index (χ3n) is 13.4. The van der Waals surface area contributed by atoms with E-state index in [2.05, 4.69) is 204 Å². The number of para-hydroxylation sites is 2. The van der Waals surface area contributed by atoms with Gasteiger partial charge in [0.25, 0.3) is 6.71 Å². The summed E-state index contributed by atoms with van der Waals surface area (Å²) in [7, 11) is 0. The predicted octanol–water partition coefficient (Wildman–Crippen LogP) is 13.5. The zero-order chi connectivity index (χ0) is 38.9. The van der Waals surface area contributed by atoms with E-state index in [1.54, 1.807) is 0 Å². The first kappa shape index (κ1) is 34.2. The van der Waals surface area contributed by atoms with Crippen molar-refractivity contribution >= 4 is 78.8 Å². The number of benzene rings is 9. The van der Waals surface area contributed by atoms with Gasteiger partial charge in [-0.15, -0.1) is 0 Å². The van der Waals surface area contributed by atoms with E-state index < -0.39 is 0 Å². The lowest BCUT2D eigenvalue weighted by Gasteiger charge is -2.45. The molecular formula is C56H43BN2. The molecule has 9 aromatic rings. The molecule has 0 radical (unpaired) electrons. The molecule has 0 saturated heterocycles. The Hall–Kier alpha value is -6.84. The van der Waals surface area contributed by atoms with Gasteiger partial charge in [-0.2, -0.15) is 0 Å². The molecule has 1 fully saturated rings. The van der Waals surface area contributed by atoms with Gasteiger partial charge in [0.2, 0.25) is 0 Å². The lowest BCUT2D eigenvalue weighted by atomic mass is 9.33. The minimum absolute atomic E-state index is 0.0784. The fourth-order valence-electron chi connectivity index (χ4n) is 10.7. The molecule has 0 spiro atoms. The maximum absolute atomic E-state index is 2.58. The second-order valence-corrected chi connectivity index (χ2v) is 16.7. The van der Waals surface area contributed by atoms with Gasteiger partial charge >= 0.3 is 0 Å². The molecule has 1 aliphatic carbocycles. The molecule has 0 N–H and O–H groups in total. The van der Waals surface area contributed by atoms with E-state index in [1.165, 1.54) is 132 Å². The molecule has 2 heterocycles. The lowest BCUT2D eigenvalue weighted by molar-refractivity contribution is 0.444. The Morgan fingerprint density at radius 2 is 0.983 bits per heavy atom. The highest BCUT2D eigenvalue weighted by Crippen LogP contribution is 2.47. The van der Waals surface area contributed by atoms with E-state index in [1.807, 2.05) is 0 Å². The van der Waals surface area contributed by atoms with Gasteiger partial charge in [-0.25, -0.2) is 0 Å². The molecule has 2 nitrogen and oxygen atoms in total. The predicted molar refractivity (Wildman–Crippen MR) is 252 cm³/mol. The van der Waals surface area contributed by atoms with E-state index in [9.17, 15) is 0 Å². The van der Waals surface area contributed by atoms with Crippen molar-refractivity contribution in [3.05, 3.63) is 200 Å². The largest absolute Gasteiger partial charge is 0.311 e. The monoisotopic (exact) mass is 754 g/mol. The maximum Gasteiger partial charge on any atom is 0.252 e. The van der Waals surface area contributed by atoms with Crippen molar-refractivity contribution in [2.75, 3.05) is 9.80 Å². The average Bonchev–Trinajstić information content (AvgIpc) is 3.32. The van der Waals surface area contributed by atoms with Crippen molar-refractivity contribution in [3.63, 3.8) is 0 Å². The average molecular weight is 755 g/mol. The fraction of sp³-hybridized carbons (Fsp3) is 0.107. The number of nitrogens with zero attached hydrogens (tertiary/aromatic N) is 2. The van der Waals surface area contributed by atoms with Crippen LogP contribution in [0.15, 0.2) is 194 Å². The fourth-order valence-corrected chi connectivity index (χ4v) is 10.7. The summed E-state index contributed by atoms with van der Waals surface area (Å²) in [6.45, 7) is 0.0784. The Balaban J connectivity index is 1.09. The molecule has 0 amide bonds. The van der Waals surface area contributed by atoms with Gasteiger partial charge in [-0.1, -0.05) is 159 Å². The summed E-state index contributed by atoms with van der Waals surface area (Å²) in [4.78, 5) is 5.14. The van der Waals surface area contributed by atoms with E-state index in [0.29, 0.717) is 5.92 Å². The van der Waals surface area contributed by atoms with Gasteiger partial charge in [0.1, 0.15) is 0 Å². The molecule has 0 atom stereocenters. The van der Waals surface area contributed by atoms with Crippen molar-refractivity contribution in [3.8, 4) is 22.3 Å². The van der Waals surface area contributed by atoms with Crippen molar-refractivity contribution < 1.29 is 0 Å². The number of anilines is 6. The van der Waals surface area contributed by atoms with Crippen LogP contribution in [0.3, 0.4) is 0 Å². The lowest BCUT2D eigenvalue weighted by Crippen LogP contribution is -2.61. The quantitative estimate of drug-likeness (QED) is 0.128. The van der Waals surface area contributed by atoms with Crippen LogP contribution in [0.1, 0.15) is 43.6 Å². The molecule has 3 aliphatic rings. The smallest absolute Gasteiger partial charge is 0.252 e. The highest BCUT2D eigenvalue weighted by Gasteiger charge is 2.44. The van der Waals surface area contributed by atoms with E-state index in [0.717, 1.165) is 0 Å². The van der Waals surface area contributed by atoms with Gasteiger partial charge in [0.05, 0.1) is 0 Å². The van der Waals surface area contributed by atoms with Crippen LogP contribution < -0.4 is 26.2 Å². The van der Waals surface area contributed by atoms with Gasteiger partial charge < -0.3 is 9.80 Å². The first-order valence-corrected chi connectivity index (χ1v) is 21.4. The van der Waals surface area contributed by atoms with Crippen LogP contribution in [0.5, 0.6) is 0 Å². The minimum Gasteiger partial charge on any atom is -0.311 e. The normalized spacial score (nSPS) is 14.6. The Bertz CT molecular complexity index is 3040. The van der Waals surface area contributed by atoms with Crippen molar-refractivity contribution in [2.45, 2.75) is 38.0 Å². The Labute approximate surface area is 347 Å². The van der Waals surface area contributed by atoms with Crippen molar-refractivity contribution in [2.24, 2.45) is 0 Å². The summed E-state index contributed by atoms with van der Waals surface area (Å²) in [6.07, 6.45) is 6.42. The van der Waals surface area contributed by atoms with E-state index in [-0.39, 0.29) is 6.71 Å². The molecule has 280 valence electrons. The second-order valence-electron chi connectivity index (χ2n) is 16.7. The van der Waals surface area contributed by atoms with E-state index in [4.69, 9.17) is 0 Å². The van der Waals surface area contributed by atoms with Crippen LogP contribution in [-0.2, 0) is 0 Å². The van der Waals surface area contributed by atoms with Crippen molar-refractivity contribution in [1.82, 2.24) is 0 Å². The third kappa shape index (κ3) is 5.56. The standard InChI is InChI=1S/C56H43BN2/c1-4-16-38(17-5-1)41-30-33-53-51(35-41)57-50-26-14-15-27-52(50)59(45-31-28-40(29-32-45)49-34-42-20-10-11-23-46(42)47-24-12-13-25-48(47)49)55-37-43(39-18-6-2-7-19-39)36-54(56(55)57)58(53)44-21-8-3-9-22-44/h1,3-5,8-17,20-37,39H,2,6-7,18-19H2. The third-order valence-corrected chi connectivity index (χ3v) is 13.4. The minimum atomic E-state index is 0.0784. The Kier molecular flexibility index (Phi) is 8.08. The Morgan fingerprint density at radius 3 is 1.75 bits per heavy atom. The summed E-state index contributed by atoms with van der Waals surface area (Å²) in [6, 6.07) is 72.8. The molecule has 3 heteroatoms. The van der Waals surface area contributed by atoms with Gasteiger partial charge in [0.15, 0.2) is 0 Å². The SMILES string of the molecule is c1ccc(-c2ccc3c(c2)B2c4ccccc4N(c4ccc(-c5cc6ccccc6c6ccccc56)cc4)c4cc(C5CCCCC5)cc(c42)N3c2ccccc2)cc1. The zero-order valence-corrected chi connectivity index (χ0v) is 33.1. The van der Waals surface area contributed by atoms with Gasteiger partial charge in [-0.05, 0) is 139 Å². The van der Waals surface area contributed by atoms with Crippen LogP contribution in [0.4, 0.5) is 34.1 Å². The maximum atomic E-state index is 2.58. The molecule has 1 saturated carbocycles. The highest BCUT2D eigenvalue weighted by atomic mass is 15.2. The van der Waals surface area contributed by atoms with Gasteiger partial charge in [-0.3, -0.25) is 0 Å². The summed E-state index contributed by atoms with van der Waals surface area (Å²) in [5.41, 5.74) is 18.0. The topological polar surface area (TPSA) is 6.48 Å². The first-order chi connectivity index (χ1) is 29.3. The van der Waals surface area contributed by atoms with E-state index >= 15 is 0 Å². The molecular weight excluding hydrogens is 711 g/mol. The molecule has 0 aromatic heterocycles. The number of fused-ring (bicyclic) bond motifs is 7. The highest BCUT2D eigenvalue weighted by molar-refractivity contribution is 7.00. The molecule has 0 bridgehead atoms. The molecule has 2 aliphatic heterocycles.